The van der Waals surface area contributed by atoms with Gasteiger partial charge in [0.1, 0.15) is 0 Å². The van der Waals surface area contributed by atoms with E-state index in [1.807, 2.05) is 29.5 Å². The molecule has 3 rings (SSSR count). The van der Waals surface area contributed by atoms with E-state index in [4.69, 9.17) is 0 Å². The zero-order valence-corrected chi connectivity index (χ0v) is 16.5. The normalized spacial score (nSPS) is 17.3. The van der Waals surface area contributed by atoms with E-state index in [1.54, 1.807) is 0 Å². The molecule has 0 radical (unpaired) electrons. The Labute approximate surface area is 160 Å². The molecule has 1 N–H and O–H groups in total. The number of rotatable bonds is 7. The van der Waals surface area contributed by atoms with E-state index < -0.39 is 0 Å². The number of hydrogen-bond acceptors (Lipinski definition) is 4. The van der Waals surface area contributed by atoms with Crippen LogP contribution < -0.4 is 5.32 Å². The van der Waals surface area contributed by atoms with Gasteiger partial charge in [0.05, 0.1) is 12.6 Å². The molecule has 1 atom stereocenters. The second-order valence-corrected chi connectivity index (χ2v) is 8.36. The van der Waals surface area contributed by atoms with E-state index in [2.05, 4.69) is 58.6 Å². The van der Waals surface area contributed by atoms with Crippen LogP contribution in [0.15, 0.2) is 47.8 Å². The van der Waals surface area contributed by atoms with E-state index >= 15 is 0 Å². The molecule has 1 aliphatic rings. The number of nitrogens with zero attached hydrogens (tertiary/aromatic N) is 2. The summed E-state index contributed by atoms with van der Waals surface area (Å²) in [4.78, 5) is 18.7. The van der Waals surface area contributed by atoms with Crippen LogP contribution in [0.4, 0.5) is 0 Å². The molecule has 1 amide bonds. The Hall–Kier alpha value is -1.69. The molecular formula is C21H29N3OS. The number of carbonyl (C=O) groups is 1. The third-order valence-electron chi connectivity index (χ3n) is 4.93. The van der Waals surface area contributed by atoms with Crippen molar-refractivity contribution in [2.45, 2.75) is 26.4 Å². The number of piperazine rings is 1. The molecule has 2 heterocycles. The molecule has 1 aromatic carbocycles. The van der Waals surface area contributed by atoms with Gasteiger partial charge in [-0.1, -0.05) is 50.2 Å². The first-order chi connectivity index (χ1) is 12.6. The van der Waals surface area contributed by atoms with Crippen molar-refractivity contribution in [3.05, 3.63) is 58.3 Å². The molecule has 2 aromatic rings. The molecule has 4 nitrogen and oxygen atoms in total. The average molecular weight is 372 g/mol. The highest BCUT2D eigenvalue weighted by Crippen LogP contribution is 2.21. The summed E-state index contributed by atoms with van der Waals surface area (Å²) in [6.07, 6.45) is 0. The van der Waals surface area contributed by atoms with E-state index in [0.29, 0.717) is 12.5 Å². The maximum atomic E-state index is 12.6. The Morgan fingerprint density at radius 3 is 2.35 bits per heavy atom. The van der Waals surface area contributed by atoms with Crippen LogP contribution in [0, 0.1) is 5.92 Å². The van der Waals surface area contributed by atoms with Gasteiger partial charge in [-0.3, -0.25) is 14.6 Å². The van der Waals surface area contributed by atoms with Crippen LogP contribution >= 0.6 is 11.3 Å². The molecule has 140 valence electrons. The Kier molecular flexibility index (Phi) is 6.83. The van der Waals surface area contributed by atoms with Gasteiger partial charge < -0.3 is 5.32 Å². The van der Waals surface area contributed by atoms with Crippen molar-refractivity contribution in [3.63, 3.8) is 0 Å². The van der Waals surface area contributed by atoms with Gasteiger partial charge in [0.15, 0.2) is 0 Å². The van der Waals surface area contributed by atoms with Gasteiger partial charge in [-0.2, -0.15) is 0 Å². The van der Waals surface area contributed by atoms with Gasteiger partial charge in [-0.15, -0.1) is 11.3 Å². The second-order valence-electron chi connectivity index (χ2n) is 7.33. The first-order valence-electron chi connectivity index (χ1n) is 9.43. The Balaban J connectivity index is 1.46. The highest BCUT2D eigenvalue weighted by atomic mass is 32.1. The number of benzene rings is 1. The lowest BCUT2D eigenvalue weighted by atomic mass is 9.96. The summed E-state index contributed by atoms with van der Waals surface area (Å²) in [5, 5.41) is 5.37. The number of amides is 1. The van der Waals surface area contributed by atoms with Crippen LogP contribution in [-0.2, 0) is 11.3 Å². The van der Waals surface area contributed by atoms with Crippen LogP contribution in [0.3, 0.4) is 0 Å². The summed E-state index contributed by atoms with van der Waals surface area (Å²) in [7, 11) is 0. The van der Waals surface area contributed by atoms with Crippen molar-refractivity contribution in [2.75, 3.05) is 32.7 Å². The second kappa shape index (κ2) is 9.31. The fourth-order valence-electron chi connectivity index (χ4n) is 3.45. The monoisotopic (exact) mass is 371 g/mol. The van der Waals surface area contributed by atoms with Gasteiger partial charge in [0.2, 0.25) is 5.91 Å². The molecule has 1 aromatic heterocycles. The van der Waals surface area contributed by atoms with Crippen LogP contribution in [0.2, 0.25) is 0 Å². The van der Waals surface area contributed by atoms with Crippen molar-refractivity contribution < 1.29 is 4.79 Å². The molecule has 0 aliphatic carbocycles. The van der Waals surface area contributed by atoms with Gasteiger partial charge in [0.25, 0.3) is 0 Å². The van der Waals surface area contributed by atoms with Crippen molar-refractivity contribution >= 4 is 17.2 Å². The molecule has 1 saturated heterocycles. The number of nitrogens with one attached hydrogen (secondary N) is 1. The van der Waals surface area contributed by atoms with E-state index in [1.165, 1.54) is 10.4 Å². The lowest BCUT2D eigenvalue weighted by Gasteiger charge is -2.34. The minimum Gasteiger partial charge on any atom is -0.348 e. The SMILES string of the molecule is CC(C)C(NC(=O)CN1CCN(Cc2cccs2)CC1)c1ccccc1. The first-order valence-corrected chi connectivity index (χ1v) is 10.3. The smallest absolute Gasteiger partial charge is 0.234 e. The van der Waals surface area contributed by atoms with E-state index in [9.17, 15) is 4.79 Å². The van der Waals surface area contributed by atoms with Crippen LogP contribution in [0.5, 0.6) is 0 Å². The first kappa shape index (κ1) is 19.1. The maximum Gasteiger partial charge on any atom is 0.234 e. The van der Waals surface area contributed by atoms with Crippen molar-refractivity contribution in [1.82, 2.24) is 15.1 Å². The van der Waals surface area contributed by atoms with Gasteiger partial charge in [0, 0.05) is 37.6 Å². The Bertz CT molecular complexity index is 664. The summed E-state index contributed by atoms with van der Waals surface area (Å²) < 4.78 is 0. The predicted octanol–water partition coefficient (Wildman–Crippen LogP) is 3.38. The predicted molar refractivity (Wildman–Crippen MR) is 108 cm³/mol. The highest BCUT2D eigenvalue weighted by molar-refractivity contribution is 7.09. The standard InChI is InChI=1S/C21H29N3OS/c1-17(2)21(18-7-4-3-5-8-18)22-20(25)16-24-12-10-23(11-13-24)15-19-9-6-14-26-19/h3-9,14,17,21H,10-13,15-16H2,1-2H3,(H,22,25). The van der Waals surface area contributed by atoms with E-state index in [0.717, 1.165) is 32.7 Å². The Morgan fingerprint density at radius 1 is 1.04 bits per heavy atom. The number of carbonyl (C=O) groups excluding carboxylic acids is 1. The minimum atomic E-state index is 0.0730. The maximum absolute atomic E-state index is 12.6. The number of thiophene rings is 1. The molecular weight excluding hydrogens is 342 g/mol. The highest BCUT2D eigenvalue weighted by Gasteiger charge is 2.22. The Morgan fingerprint density at radius 2 is 1.73 bits per heavy atom. The zero-order valence-electron chi connectivity index (χ0n) is 15.7. The van der Waals surface area contributed by atoms with Crippen LogP contribution in [-0.4, -0.2) is 48.4 Å². The lowest BCUT2D eigenvalue weighted by Crippen LogP contribution is -2.49. The van der Waals surface area contributed by atoms with Crippen LogP contribution in [0.25, 0.3) is 0 Å². The largest absolute Gasteiger partial charge is 0.348 e. The van der Waals surface area contributed by atoms with Crippen molar-refractivity contribution in [3.8, 4) is 0 Å². The van der Waals surface area contributed by atoms with Gasteiger partial charge in [-0.05, 0) is 22.9 Å². The average Bonchev–Trinajstić information content (AvgIpc) is 3.15. The van der Waals surface area contributed by atoms with Crippen LogP contribution in [0.1, 0.15) is 30.3 Å². The third kappa shape index (κ3) is 5.40. The third-order valence-corrected chi connectivity index (χ3v) is 5.79. The van der Waals surface area contributed by atoms with Crippen molar-refractivity contribution in [1.29, 1.82) is 0 Å². The molecule has 1 unspecified atom stereocenters. The fourth-order valence-corrected chi connectivity index (χ4v) is 4.19. The fraction of sp³-hybridized carbons (Fsp3) is 0.476. The summed E-state index contributed by atoms with van der Waals surface area (Å²) in [6.45, 7) is 9.79. The summed E-state index contributed by atoms with van der Waals surface area (Å²) >= 11 is 1.82. The molecule has 0 spiro atoms. The summed E-state index contributed by atoms with van der Waals surface area (Å²) in [5.41, 5.74) is 1.18. The molecule has 1 aliphatic heterocycles. The lowest BCUT2D eigenvalue weighted by molar-refractivity contribution is -0.123. The molecule has 1 fully saturated rings. The summed E-state index contributed by atoms with van der Waals surface area (Å²) in [6, 6.07) is 14.6. The van der Waals surface area contributed by atoms with Gasteiger partial charge in [-0.25, -0.2) is 0 Å². The van der Waals surface area contributed by atoms with Gasteiger partial charge >= 0.3 is 0 Å². The number of hydrogen-bond donors (Lipinski definition) is 1. The molecule has 5 heteroatoms. The quantitative estimate of drug-likeness (QED) is 0.810. The van der Waals surface area contributed by atoms with E-state index in [-0.39, 0.29) is 11.9 Å². The van der Waals surface area contributed by atoms with Crippen molar-refractivity contribution in [2.24, 2.45) is 5.92 Å². The minimum absolute atomic E-state index is 0.0730. The summed E-state index contributed by atoms with van der Waals surface area (Å²) in [5.74, 6) is 0.489. The molecule has 26 heavy (non-hydrogen) atoms. The molecule has 0 bridgehead atoms. The topological polar surface area (TPSA) is 35.6 Å². The zero-order chi connectivity index (χ0) is 18.4. The molecule has 0 saturated carbocycles.